The quantitative estimate of drug-likeness (QED) is 0.611. The molecular weight excluding hydrogens is 226 g/mol. The summed E-state index contributed by atoms with van der Waals surface area (Å²) in [6.07, 6.45) is 0. The number of ether oxygens (including phenoxy) is 1. The number of hydrogen-bond donors (Lipinski definition) is 0. The normalized spacial score (nSPS) is 9.89. The lowest BCUT2D eigenvalue weighted by molar-refractivity contribution is 0.0515. The molecule has 3 heteroatoms. The van der Waals surface area contributed by atoms with E-state index in [1.54, 1.807) is 13.8 Å². The van der Waals surface area contributed by atoms with E-state index in [2.05, 4.69) is 11.8 Å². The Morgan fingerprint density at radius 1 is 1.39 bits per heavy atom. The SMILES string of the molecule is CC#CCn1c(C(=O)OCC)cc2ccccc21. The van der Waals surface area contributed by atoms with Crippen molar-refractivity contribution in [2.75, 3.05) is 6.61 Å². The molecule has 0 saturated carbocycles. The van der Waals surface area contributed by atoms with E-state index in [0.29, 0.717) is 18.8 Å². The van der Waals surface area contributed by atoms with E-state index in [4.69, 9.17) is 4.74 Å². The van der Waals surface area contributed by atoms with Gasteiger partial charge in [-0.25, -0.2) is 4.79 Å². The van der Waals surface area contributed by atoms with Crippen molar-refractivity contribution in [3.05, 3.63) is 36.0 Å². The average molecular weight is 241 g/mol. The molecule has 3 nitrogen and oxygen atoms in total. The summed E-state index contributed by atoms with van der Waals surface area (Å²) >= 11 is 0. The topological polar surface area (TPSA) is 31.2 Å². The van der Waals surface area contributed by atoms with E-state index in [0.717, 1.165) is 10.9 Å². The summed E-state index contributed by atoms with van der Waals surface area (Å²) in [4.78, 5) is 11.9. The van der Waals surface area contributed by atoms with Gasteiger partial charge in [0.25, 0.3) is 0 Å². The zero-order valence-corrected chi connectivity index (χ0v) is 10.6. The van der Waals surface area contributed by atoms with Gasteiger partial charge in [-0.05, 0) is 26.0 Å². The van der Waals surface area contributed by atoms with Crippen LogP contribution in [0.25, 0.3) is 10.9 Å². The number of esters is 1. The van der Waals surface area contributed by atoms with Gasteiger partial charge in [-0.2, -0.15) is 0 Å². The molecule has 1 aromatic carbocycles. The lowest BCUT2D eigenvalue weighted by Crippen LogP contribution is -2.11. The standard InChI is InChI=1S/C15H15NO2/c1-3-5-10-16-13-9-7-6-8-12(13)11-14(16)15(17)18-4-2/h6-9,11H,4,10H2,1-2H3. The fourth-order valence-corrected chi connectivity index (χ4v) is 1.91. The van der Waals surface area contributed by atoms with Crippen LogP contribution in [0, 0.1) is 11.8 Å². The minimum absolute atomic E-state index is 0.299. The maximum atomic E-state index is 11.9. The molecule has 92 valence electrons. The Kier molecular flexibility index (Phi) is 3.69. The summed E-state index contributed by atoms with van der Waals surface area (Å²) in [6, 6.07) is 9.72. The highest BCUT2D eigenvalue weighted by molar-refractivity contribution is 5.95. The lowest BCUT2D eigenvalue weighted by Gasteiger charge is -2.06. The fraction of sp³-hybridized carbons (Fsp3) is 0.267. The number of aromatic nitrogens is 1. The monoisotopic (exact) mass is 241 g/mol. The minimum atomic E-state index is -0.299. The van der Waals surface area contributed by atoms with Crippen molar-refractivity contribution in [3.63, 3.8) is 0 Å². The van der Waals surface area contributed by atoms with Crippen LogP contribution < -0.4 is 0 Å². The van der Waals surface area contributed by atoms with Crippen LogP contribution in [0.1, 0.15) is 24.3 Å². The molecule has 0 aliphatic carbocycles. The fourth-order valence-electron chi connectivity index (χ4n) is 1.91. The van der Waals surface area contributed by atoms with Crippen LogP contribution in [0.15, 0.2) is 30.3 Å². The predicted molar refractivity (Wildman–Crippen MR) is 71.3 cm³/mol. The Hall–Kier alpha value is -2.21. The molecule has 0 atom stereocenters. The molecule has 0 fully saturated rings. The molecular formula is C15H15NO2. The van der Waals surface area contributed by atoms with Crippen LogP contribution in [-0.4, -0.2) is 17.1 Å². The van der Waals surface area contributed by atoms with E-state index in [1.807, 2.05) is 34.9 Å². The first-order valence-corrected chi connectivity index (χ1v) is 5.93. The second kappa shape index (κ2) is 5.42. The van der Waals surface area contributed by atoms with E-state index in [9.17, 15) is 4.79 Å². The van der Waals surface area contributed by atoms with Gasteiger partial charge < -0.3 is 9.30 Å². The van der Waals surface area contributed by atoms with Gasteiger partial charge >= 0.3 is 5.97 Å². The number of hydrogen-bond acceptors (Lipinski definition) is 2. The van der Waals surface area contributed by atoms with E-state index >= 15 is 0 Å². The third-order valence-corrected chi connectivity index (χ3v) is 2.71. The largest absolute Gasteiger partial charge is 0.461 e. The number of rotatable bonds is 3. The molecule has 1 heterocycles. The van der Waals surface area contributed by atoms with Crippen LogP contribution in [0.3, 0.4) is 0 Å². The summed E-state index contributed by atoms with van der Waals surface area (Å²) < 4.78 is 6.96. The summed E-state index contributed by atoms with van der Waals surface area (Å²) in [7, 11) is 0. The molecule has 0 bridgehead atoms. The van der Waals surface area contributed by atoms with E-state index < -0.39 is 0 Å². The van der Waals surface area contributed by atoms with Crippen molar-refractivity contribution in [2.45, 2.75) is 20.4 Å². The van der Waals surface area contributed by atoms with Crippen LogP contribution in [0.4, 0.5) is 0 Å². The third kappa shape index (κ3) is 2.23. The molecule has 2 rings (SSSR count). The molecule has 18 heavy (non-hydrogen) atoms. The van der Waals surface area contributed by atoms with Crippen LogP contribution in [0.5, 0.6) is 0 Å². The van der Waals surface area contributed by atoms with Gasteiger partial charge in [0, 0.05) is 10.9 Å². The molecule has 0 aliphatic rings. The Morgan fingerprint density at radius 2 is 2.17 bits per heavy atom. The number of fused-ring (bicyclic) bond motifs is 1. The Morgan fingerprint density at radius 3 is 2.89 bits per heavy atom. The van der Waals surface area contributed by atoms with E-state index in [1.165, 1.54) is 0 Å². The molecule has 0 spiro atoms. The van der Waals surface area contributed by atoms with Crippen LogP contribution >= 0.6 is 0 Å². The van der Waals surface area contributed by atoms with Crippen molar-refractivity contribution < 1.29 is 9.53 Å². The van der Waals surface area contributed by atoms with Gasteiger partial charge in [-0.1, -0.05) is 24.1 Å². The number of carbonyl (C=O) groups excluding carboxylic acids is 1. The Balaban J connectivity index is 2.55. The predicted octanol–water partition coefficient (Wildman–Crippen LogP) is 2.84. The lowest BCUT2D eigenvalue weighted by atomic mass is 10.2. The molecule has 2 aromatic rings. The van der Waals surface area contributed by atoms with Gasteiger partial charge in [0.1, 0.15) is 5.69 Å². The van der Waals surface area contributed by atoms with Crippen molar-refractivity contribution >= 4 is 16.9 Å². The summed E-state index contributed by atoms with van der Waals surface area (Å²) in [5.74, 6) is 5.53. The highest BCUT2D eigenvalue weighted by atomic mass is 16.5. The summed E-state index contributed by atoms with van der Waals surface area (Å²) in [5, 5.41) is 1.03. The second-order valence-electron chi connectivity index (χ2n) is 3.82. The third-order valence-electron chi connectivity index (χ3n) is 2.71. The van der Waals surface area contributed by atoms with Crippen molar-refractivity contribution in [1.29, 1.82) is 0 Å². The Bertz CT molecular complexity index is 629. The molecule has 0 amide bonds. The summed E-state index contributed by atoms with van der Waals surface area (Å²) in [6.45, 7) is 4.46. The number of nitrogens with zero attached hydrogens (tertiary/aromatic N) is 1. The summed E-state index contributed by atoms with van der Waals surface area (Å²) in [5.41, 5.74) is 1.56. The van der Waals surface area contributed by atoms with Gasteiger partial charge in [-0.15, -0.1) is 5.92 Å². The highest BCUT2D eigenvalue weighted by Crippen LogP contribution is 2.20. The molecule has 0 aliphatic heterocycles. The van der Waals surface area contributed by atoms with Crippen molar-refractivity contribution in [2.24, 2.45) is 0 Å². The number of carbonyl (C=O) groups is 1. The van der Waals surface area contributed by atoms with Gasteiger partial charge in [-0.3, -0.25) is 0 Å². The highest BCUT2D eigenvalue weighted by Gasteiger charge is 2.15. The van der Waals surface area contributed by atoms with Gasteiger partial charge in [0.15, 0.2) is 0 Å². The van der Waals surface area contributed by atoms with Crippen LogP contribution in [0.2, 0.25) is 0 Å². The van der Waals surface area contributed by atoms with E-state index in [-0.39, 0.29) is 5.97 Å². The molecule has 1 aromatic heterocycles. The maximum Gasteiger partial charge on any atom is 0.355 e. The van der Waals surface area contributed by atoms with Crippen molar-refractivity contribution in [1.82, 2.24) is 4.57 Å². The van der Waals surface area contributed by atoms with Gasteiger partial charge in [0.2, 0.25) is 0 Å². The zero-order chi connectivity index (χ0) is 13.0. The molecule has 0 saturated heterocycles. The second-order valence-corrected chi connectivity index (χ2v) is 3.82. The van der Waals surface area contributed by atoms with Gasteiger partial charge in [0.05, 0.1) is 13.2 Å². The maximum absolute atomic E-state index is 11.9. The zero-order valence-electron chi connectivity index (χ0n) is 10.6. The first kappa shape index (κ1) is 12.3. The van der Waals surface area contributed by atoms with Crippen molar-refractivity contribution in [3.8, 4) is 11.8 Å². The average Bonchev–Trinajstić information content (AvgIpc) is 2.75. The molecule has 0 N–H and O–H groups in total. The smallest absolute Gasteiger partial charge is 0.355 e. The minimum Gasteiger partial charge on any atom is -0.461 e. The number of benzene rings is 1. The molecule has 0 unspecified atom stereocenters. The molecule has 0 radical (unpaired) electrons. The first-order chi connectivity index (χ1) is 8.77. The first-order valence-electron chi connectivity index (χ1n) is 5.93. The number of para-hydroxylation sites is 1. The van der Waals surface area contributed by atoms with Crippen LogP contribution in [-0.2, 0) is 11.3 Å². The Labute approximate surface area is 106 Å².